The third-order valence-corrected chi connectivity index (χ3v) is 5.44. The molecule has 0 radical (unpaired) electrons. The normalized spacial score (nSPS) is 15.3. The Morgan fingerprint density at radius 2 is 1.73 bits per heavy atom. The van der Waals surface area contributed by atoms with E-state index in [1.54, 1.807) is 0 Å². The van der Waals surface area contributed by atoms with E-state index in [4.69, 9.17) is 0 Å². The molecule has 26 heavy (non-hydrogen) atoms. The van der Waals surface area contributed by atoms with Gasteiger partial charge in [0.2, 0.25) is 0 Å². The molecule has 0 heterocycles. The summed E-state index contributed by atoms with van der Waals surface area (Å²) in [7, 11) is 0. The van der Waals surface area contributed by atoms with Crippen LogP contribution in [0.2, 0.25) is 0 Å². The number of allylic oxidation sites excluding steroid dienone is 7. The summed E-state index contributed by atoms with van der Waals surface area (Å²) in [6.45, 7) is 8.80. The largest absolute Gasteiger partial charge is 0.0762 e. The Labute approximate surface area is 157 Å². The molecule has 2 aliphatic carbocycles. The molecule has 0 nitrogen and oxygen atoms in total. The van der Waals surface area contributed by atoms with Crippen molar-refractivity contribution in [3.05, 3.63) is 99.7 Å². The fourth-order valence-electron chi connectivity index (χ4n) is 4.40. The van der Waals surface area contributed by atoms with Gasteiger partial charge in [-0.2, -0.15) is 0 Å². The first-order valence-electron chi connectivity index (χ1n) is 9.47. The summed E-state index contributed by atoms with van der Waals surface area (Å²) in [4.78, 5) is 0. The molecule has 0 fully saturated rings. The molecule has 4 rings (SSSR count). The highest BCUT2D eigenvalue weighted by molar-refractivity contribution is 5.82. The molecule has 0 unspecified atom stereocenters. The van der Waals surface area contributed by atoms with E-state index in [1.165, 1.54) is 50.1 Å². The summed E-state index contributed by atoms with van der Waals surface area (Å²) in [5.74, 6) is 0.398. The van der Waals surface area contributed by atoms with Crippen LogP contribution in [0.15, 0.2) is 71.9 Å². The van der Waals surface area contributed by atoms with Crippen LogP contribution < -0.4 is 0 Å². The molecule has 0 aliphatic heterocycles. The van der Waals surface area contributed by atoms with Crippen LogP contribution in [-0.4, -0.2) is 0 Å². The smallest absolute Gasteiger partial charge is 0.0210 e. The maximum absolute atomic E-state index is 2.41. The summed E-state index contributed by atoms with van der Waals surface area (Å²) in [5, 5.41) is 0. The predicted octanol–water partition coefficient (Wildman–Crippen LogP) is 7.15. The van der Waals surface area contributed by atoms with E-state index in [2.05, 4.69) is 94.5 Å². The van der Waals surface area contributed by atoms with E-state index < -0.39 is 0 Å². The van der Waals surface area contributed by atoms with E-state index in [0.29, 0.717) is 5.92 Å². The van der Waals surface area contributed by atoms with Crippen LogP contribution in [-0.2, 0) is 6.42 Å². The van der Waals surface area contributed by atoms with Crippen molar-refractivity contribution in [2.45, 2.75) is 40.0 Å². The number of rotatable bonds is 3. The Morgan fingerprint density at radius 3 is 2.46 bits per heavy atom. The molecule has 0 heteroatoms. The van der Waals surface area contributed by atoms with Crippen molar-refractivity contribution < 1.29 is 0 Å². The molecule has 2 aromatic rings. The van der Waals surface area contributed by atoms with Crippen molar-refractivity contribution in [1.29, 1.82) is 0 Å². The van der Waals surface area contributed by atoms with Crippen molar-refractivity contribution in [2.75, 3.05) is 0 Å². The average molecular weight is 338 g/mol. The third kappa shape index (κ3) is 2.90. The molecule has 2 aromatic carbocycles. The number of hydrogen-bond donors (Lipinski definition) is 0. The highest BCUT2D eigenvalue weighted by Crippen LogP contribution is 2.44. The van der Waals surface area contributed by atoms with Crippen LogP contribution in [0.5, 0.6) is 0 Å². The van der Waals surface area contributed by atoms with E-state index in [0.717, 1.165) is 6.42 Å². The van der Waals surface area contributed by atoms with Gasteiger partial charge in [0.25, 0.3) is 0 Å². The molecule has 130 valence electrons. The second-order valence-electron chi connectivity index (χ2n) is 7.77. The van der Waals surface area contributed by atoms with Gasteiger partial charge in [-0.15, -0.1) is 0 Å². The minimum atomic E-state index is 0.398. The zero-order chi connectivity index (χ0) is 18.3. The fraction of sp³-hybridized carbons (Fsp3) is 0.231. The second kappa shape index (κ2) is 6.61. The SMILES string of the molecule is CC(C)=CC(C)=Cc1cc2c(c(C3C=CC=C3)c1C)Cc1ccccc1-2. The van der Waals surface area contributed by atoms with Crippen LogP contribution in [0.3, 0.4) is 0 Å². The lowest BCUT2D eigenvalue weighted by molar-refractivity contribution is 1.03. The van der Waals surface area contributed by atoms with E-state index in [1.807, 2.05) is 0 Å². The van der Waals surface area contributed by atoms with Crippen molar-refractivity contribution in [3.8, 4) is 11.1 Å². The summed E-state index contributed by atoms with van der Waals surface area (Å²) >= 11 is 0. The van der Waals surface area contributed by atoms with Crippen LogP contribution in [0, 0.1) is 6.92 Å². The topological polar surface area (TPSA) is 0 Å². The van der Waals surface area contributed by atoms with E-state index in [-0.39, 0.29) is 0 Å². The molecule has 0 aromatic heterocycles. The lowest BCUT2D eigenvalue weighted by atomic mass is 9.85. The molecular weight excluding hydrogens is 312 g/mol. The molecule has 0 atom stereocenters. The molecular formula is C26H26. The van der Waals surface area contributed by atoms with Gasteiger partial charge in [-0.05, 0) is 79.1 Å². The molecule has 0 amide bonds. The molecule has 0 N–H and O–H groups in total. The Morgan fingerprint density at radius 1 is 1.00 bits per heavy atom. The summed E-state index contributed by atoms with van der Waals surface area (Å²) in [6.07, 6.45) is 14.6. The number of hydrogen-bond acceptors (Lipinski definition) is 0. The Kier molecular flexibility index (Phi) is 4.28. The maximum Gasteiger partial charge on any atom is 0.0210 e. The molecule has 0 spiro atoms. The summed E-state index contributed by atoms with van der Waals surface area (Å²) < 4.78 is 0. The molecule has 0 saturated carbocycles. The van der Waals surface area contributed by atoms with Crippen molar-refractivity contribution >= 4 is 6.08 Å². The molecule has 0 bridgehead atoms. The zero-order valence-corrected chi connectivity index (χ0v) is 16.1. The first-order chi connectivity index (χ1) is 12.5. The van der Waals surface area contributed by atoms with Gasteiger partial charge in [-0.1, -0.05) is 71.9 Å². The number of fused-ring (bicyclic) bond motifs is 3. The highest BCUT2D eigenvalue weighted by Gasteiger charge is 2.26. The van der Waals surface area contributed by atoms with Crippen LogP contribution >= 0.6 is 0 Å². The maximum atomic E-state index is 2.41. The zero-order valence-electron chi connectivity index (χ0n) is 16.1. The van der Waals surface area contributed by atoms with Crippen LogP contribution in [0.1, 0.15) is 54.5 Å². The Bertz CT molecular complexity index is 977. The first-order valence-corrected chi connectivity index (χ1v) is 9.47. The van der Waals surface area contributed by atoms with Crippen molar-refractivity contribution in [1.82, 2.24) is 0 Å². The fourth-order valence-corrected chi connectivity index (χ4v) is 4.40. The standard InChI is InChI=1S/C26H26/c1-17(2)13-18(3)14-22-16-24-23-12-8-7-11-21(23)15-25(24)26(19(22)4)20-9-5-6-10-20/h5-14,16,20H,15H2,1-4H3. The van der Waals surface area contributed by atoms with E-state index in [9.17, 15) is 0 Å². The van der Waals surface area contributed by atoms with Gasteiger partial charge in [-0.25, -0.2) is 0 Å². The molecule has 2 aliphatic rings. The van der Waals surface area contributed by atoms with Gasteiger partial charge >= 0.3 is 0 Å². The van der Waals surface area contributed by atoms with Gasteiger partial charge in [0, 0.05) is 5.92 Å². The van der Waals surface area contributed by atoms with Crippen LogP contribution in [0.4, 0.5) is 0 Å². The minimum Gasteiger partial charge on any atom is -0.0762 e. The van der Waals surface area contributed by atoms with Gasteiger partial charge in [0.1, 0.15) is 0 Å². The second-order valence-corrected chi connectivity index (χ2v) is 7.77. The lowest BCUT2D eigenvalue weighted by Gasteiger charge is -2.19. The Balaban J connectivity index is 1.95. The van der Waals surface area contributed by atoms with Gasteiger partial charge in [0.15, 0.2) is 0 Å². The quantitative estimate of drug-likeness (QED) is 0.445. The first kappa shape index (κ1) is 16.8. The minimum absolute atomic E-state index is 0.398. The number of benzene rings is 2. The van der Waals surface area contributed by atoms with Crippen LogP contribution in [0.25, 0.3) is 17.2 Å². The highest BCUT2D eigenvalue weighted by atomic mass is 14.3. The molecule has 0 saturated heterocycles. The third-order valence-electron chi connectivity index (χ3n) is 5.44. The average Bonchev–Trinajstić information content (AvgIpc) is 3.22. The summed E-state index contributed by atoms with van der Waals surface area (Å²) in [6, 6.07) is 11.3. The van der Waals surface area contributed by atoms with Gasteiger partial charge in [0.05, 0.1) is 0 Å². The monoisotopic (exact) mass is 338 g/mol. The summed E-state index contributed by atoms with van der Waals surface area (Å²) in [5.41, 5.74) is 12.7. The predicted molar refractivity (Wildman–Crippen MR) is 114 cm³/mol. The Hall–Kier alpha value is -2.60. The van der Waals surface area contributed by atoms with E-state index >= 15 is 0 Å². The van der Waals surface area contributed by atoms with Crippen molar-refractivity contribution in [2.24, 2.45) is 0 Å². The lowest BCUT2D eigenvalue weighted by Crippen LogP contribution is -2.02. The van der Waals surface area contributed by atoms with Gasteiger partial charge in [-0.3, -0.25) is 0 Å². The van der Waals surface area contributed by atoms with Gasteiger partial charge < -0.3 is 0 Å². The van der Waals surface area contributed by atoms with Crippen molar-refractivity contribution in [3.63, 3.8) is 0 Å².